The summed E-state index contributed by atoms with van der Waals surface area (Å²) in [6, 6.07) is 5.96. The second kappa shape index (κ2) is 6.33. The minimum atomic E-state index is 0.142. The summed E-state index contributed by atoms with van der Waals surface area (Å²) in [5.74, 6) is 1.51. The lowest BCUT2D eigenvalue weighted by Gasteiger charge is -2.22. The largest absolute Gasteiger partial charge is 0.493 e. The van der Waals surface area contributed by atoms with E-state index in [2.05, 4.69) is 20.8 Å². The van der Waals surface area contributed by atoms with Crippen molar-refractivity contribution >= 4 is 11.6 Å². The summed E-state index contributed by atoms with van der Waals surface area (Å²) in [4.78, 5) is 0. The third kappa shape index (κ3) is 4.77. The van der Waals surface area contributed by atoms with E-state index in [1.165, 1.54) is 5.56 Å². The lowest BCUT2D eigenvalue weighted by molar-refractivity contribution is 0.353. The highest BCUT2D eigenvalue weighted by Gasteiger charge is 2.17. The van der Waals surface area contributed by atoms with E-state index >= 15 is 0 Å². The summed E-state index contributed by atoms with van der Waals surface area (Å²) < 4.78 is 10.5. The molecular formula is C15H23ClO2. The first-order chi connectivity index (χ1) is 8.35. The quantitative estimate of drug-likeness (QED) is 0.743. The van der Waals surface area contributed by atoms with Gasteiger partial charge in [0.15, 0.2) is 11.5 Å². The average Bonchev–Trinajstić information content (AvgIpc) is 2.26. The summed E-state index contributed by atoms with van der Waals surface area (Å²) in [7, 11) is 3.29. The van der Waals surface area contributed by atoms with E-state index in [-0.39, 0.29) is 10.8 Å². The number of hydrogen-bond donors (Lipinski definition) is 0. The zero-order chi connectivity index (χ0) is 13.8. The van der Waals surface area contributed by atoms with Gasteiger partial charge in [-0.3, -0.25) is 0 Å². The average molecular weight is 271 g/mol. The summed E-state index contributed by atoms with van der Waals surface area (Å²) >= 11 is 6.40. The van der Waals surface area contributed by atoms with Crippen molar-refractivity contribution in [2.24, 2.45) is 5.41 Å². The van der Waals surface area contributed by atoms with Crippen molar-refractivity contribution in [3.63, 3.8) is 0 Å². The van der Waals surface area contributed by atoms with Crippen molar-refractivity contribution in [2.45, 2.75) is 39.0 Å². The molecule has 0 amide bonds. The van der Waals surface area contributed by atoms with Gasteiger partial charge >= 0.3 is 0 Å². The highest BCUT2D eigenvalue weighted by molar-refractivity contribution is 6.20. The lowest BCUT2D eigenvalue weighted by atomic mass is 9.88. The van der Waals surface area contributed by atoms with Gasteiger partial charge in [-0.1, -0.05) is 26.8 Å². The van der Waals surface area contributed by atoms with Crippen LogP contribution < -0.4 is 9.47 Å². The van der Waals surface area contributed by atoms with Gasteiger partial charge < -0.3 is 9.47 Å². The first kappa shape index (κ1) is 15.2. The van der Waals surface area contributed by atoms with Gasteiger partial charge in [0.05, 0.1) is 14.2 Å². The van der Waals surface area contributed by atoms with Crippen LogP contribution in [0.25, 0.3) is 0 Å². The number of methoxy groups -OCH3 is 2. The SMILES string of the molecule is COc1ccc(CC(Cl)CC(C)(C)C)cc1OC. The molecule has 0 N–H and O–H groups in total. The Morgan fingerprint density at radius 2 is 1.72 bits per heavy atom. The number of rotatable bonds is 5. The van der Waals surface area contributed by atoms with Crippen molar-refractivity contribution < 1.29 is 9.47 Å². The molecule has 2 nitrogen and oxygen atoms in total. The summed E-state index contributed by atoms with van der Waals surface area (Å²) in [5, 5.41) is 0.142. The van der Waals surface area contributed by atoms with Crippen LogP contribution >= 0.6 is 11.6 Å². The molecule has 0 aliphatic heterocycles. The third-order valence-corrected chi connectivity index (χ3v) is 3.05. The Labute approximate surface area is 115 Å². The van der Waals surface area contributed by atoms with Crippen LogP contribution in [-0.2, 0) is 6.42 Å². The first-order valence-corrected chi connectivity index (χ1v) is 6.64. The number of alkyl halides is 1. The van der Waals surface area contributed by atoms with Crippen molar-refractivity contribution in [3.8, 4) is 11.5 Å². The topological polar surface area (TPSA) is 18.5 Å². The van der Waals surface area contributed by atoms with Gasteiger partial charge in [-0.05, 0) is 36.0 Å². The predicted molar refractivity (Wildman–Crippen MR) is 77.0 cm³/mol. The van der Waals surface area contributed by atoms with Crippen LogP contribution in [-0.4, -0.2) is 19.6 Å². The molecule has 3 heteroatoms. The highest BCUT2D eigenvalue weighted by Crippen LogP contribution is 2.30. The third-order valence-electron chi connectivity index (χ3n) is 2.74. The van der Waals surface area contributed by atoms with E-state index in [1.807, 2.05) is 18.2 Å². The fourth-order valence-electron chi connectivity index (χ4n) is 2.00. The molecule has 18 heavy (non-hydrogen) atoms. The van der Waals surface area contributed by atoms with Crippen molar-refractivity contribution in [2.75, 3.05) is 14.2 Å². The standard InChI is InChI=1S/C15H23ClO2/c1-15(2,3)10-12(16)8-11-6-7-13(17-4)14(9-11)18-5/h6-7,9,12H,8,10H2,1-5H3. The van der Waals surface area contributed by atoms with Crippen molar-refractivity contribution in [1.82, 2.24) is 0 Å². The second-order valence-electron chi connectivity index (χ2n) is 5.76. The van der Waals surface area contributed by atoms with Crippen LogP contribution in [0.1, 0.15) is 32.8 Å². The molecule has 0 radical (unpaired) electrons. The molecule has 0 spiro atoms. The Kier molecular flexibility index (Phi) is 5.33. The van der Waals surface area contributed by atoms with Gasteiger partial charge in [-0.2, -0.15) is 0 Å². The zero-order valence-electron chi connectivity index (χ0n) is 11.9. The Bertz CT molecular complexity index is 383. The van der Waals surface area contributed by atoms with Crippen LogP contribution in [0.4, 0.5) is 0 Å². The molecule has 0 aromatic heterocycles. The Hall–Kier alpha value is -0.890. The van der Waals surface area contributed by atoms with E-state index < -0.39 is 0 Å². The summed E-state index contributed by atoms with van der Waals surface area (Å²) in [6.45, 7) is 6.62. The molecule has 0 bridgehead atoms. The minimum Gasteiger partial charge on any atom is -0.493 e. The molecule has 1 atom stereocenters. The van der Waals surface area contributed by atoms with E-state index in [9.17, 15) is 0 Å². The highest BCUT2D eigenvalue weighted by atomic mass is 35.5. The van der Waals surface area contributed by atoms with Gasteiger partial charge in [-0.25, -0.2) is 0 Å². The minimum absolute atomic E-state index is 0.142. The first-order valence-electron chi connectivity index (χ1n) is 6.20. The molecule has 0 fully saturated rings. The van der Waals surface area contributed by atoms with Gasteiger partial charge in [0, 0.05) is 5.38 Å². The van der Waals surface area contributed by atoms with Gasteiger partial charge in [0.1, 0.15) is 0 Å². The van der Waals surface area contributed by atoms with Crippen LogP contribution in [0.5, 0.6) is 11.5 Å². The smallest absolute Gasteiger partial charge is 0.160 e. The fraction of sp³-hybridized carbons (Fsp3) is 0.600. The van der Waals surface area contributed by atoms with Gasteiger partial charge in [-0.15, -0.1) is 11.6 Å². The van der Waals surface area contributed by atoms with Crippen molar-refractivity contribution in [3.05, 3.63) is 23.8 Å². The lowest BCUT2D eigenvalue weighted by Crippen LogP contribution is -2.15. The van der Waals surface area contributed by atoms with E-state index in [4.69, 9.17) is 21.1 Å². The molecule has 1 aromatic carbocycles. The maximum atomic E-state index is 6.40. The Balaban J connectivity index is 2.73. The number of hydrogen-bond acceptors (Lipinski definition) is 2. The molecule has 1 unspecified atom stereocenters. The second-order valence-corrected chi connectivity index (χ2v) is 6.37. The Morgan fingerprint density at radius 1 is 1.11 bits per heavy atom. The van der Waals surface area contributed by atoms with E-state index in [0.29, 0.717) is 0 Å². The van der Waals surface area contributed by atoms with Gasteiger partial charge in [0.25, 0.3) is 0 Å². The van der Waals surface area contributed by atoms with Crippen molar-refractivity contribution in [1.29, 1.82) is 0 Å². The van der Waals surface area contributed by atoms with E-state index in [0.717, 1.165) is 24.3 Å². The molecule has 0 aliphatic rings. The zero-order valence-corrected chi connectivity index (χ0v) is 12.7. The van der Waals surface area contributed by atoms with Crippen LogP contribution in [0.15, 0.2) is 18.2 Å². The molecule has 0 heterocycles. The molecule has 0 saturated carbocycles. The monoisotopic (exact) mass is 270 g/mol. The predicted octanol–water partition coefficient (Wildman–Crippen LogP) is 4.29. The molecule has 1 aromatic rings. The molecule has 0 saturated heterocycles. The Morgan fingerprint density at radius 3 is 2.22 bits per heavy atom. The van der Waals surface area contributed by atoms with Crippen LogP contribution in [0, 0.1) is 5.41 Å². The number of ether oxygens (including phenoxy) is 2. The van der Waals surface area contributed by atoms with Gasteiger partial charge in [0.2, 0.25) is 0 Å². The number of halogens is 1. The number of benzene rings is 1. The summed E-state index contributed by atoms with van der Waals surface area (Å²) in [6.07, 6.45) is 1.84. The fourth-order valence-corrected chi connectivity index (χ4v) is 2.64. The molecule has 0 aliphatic carbocycles. The molecular weight excluding hydrogens is 248 g/mol. The normalized spacial score (nSPS) is 13.2. The molecule has 1 rings (SSSR count). The van der Waals surface area contributed by atoms with Crippen LogP contribution in [0.2, 0.25) is 0 Å². The molecule has 102 valence electrons. The van der Waals surface area contributed by atoms with E-state index in [1.54, 1.807) is 14.2 Å². The van der Waals surface area contributed by atoms with Crippen LogP contribution in [0.3, 0.4) is 0 Å². The summed E-state index contributed by atoms with van der Waals surface area (Å²) in [5.41, 5.74) is 1.43. The maximum absolute atomic E-state index is 6.40. The maximum Gasteiger partial charge on any atom is 0.160 e.